The summed E-state index contributed by atoms with van der Waals surface area (Å²) in [6, 6.07) is 46.3. The van der Waals surface area contributed by atoms with Gasteiger partial charge in [0.05, 0.1) is 12.3 Å². The highest BCUT2D eigenvalue weighted by atomic mass is 32.5. The summed E-state index contributed by atoms with van der Waals surface area (Å²) in [5.41, 5.74) is 0. The molecule has 3 heteroatoms. The van der Waals surface area contributed by atoms with Gasteiger partial charge in [0.25, 0.3) is 0 Å². The minimum Gasteiger partial charge on any atom is -0.0620 e. The van der Waals surface area contributed by atoms with Gasteiger partial charge in [-0.2, -0.15) is 0 Å². The Hall–Kier alpha value is -1.83. The molecule has 0 bridgehead atoms. The highest BCUT2D eigenvalue weighted by molar-refractivity contribution is 8.75. The van der Waals surface area contributed by atoms with Crippen molar-refractivity contribution in [1.29, 1.82) is 0 Å². The average Bonchev–Trinajstić information content (AvgIpc) is 3.04. The molecule has 1 saturated heterocycles. The Morgan fingerprint density at radius 2 is 0.688 bits per heavy atom. The minimum absolute atomic E-state index is 0.297. The minimum atomic E-state index is -1.57. The molecule has 0 aliphatic carbocycles. The third kappa shape index (κ3) is 3.68. The zero-order chi connectivity index (χ0) is 21.9. The Labute approximate surface area is 195 Å². The van der Waals surface area contributed by atoms with Gasteiger partial charge in [-0.05, 0) is 61.4 Å². The van der Waals surface area contributed by atoms with E-state index in [0.29, 0.717) is 0 Å². The van der Waals surface area contributed by atoms with E-state index >= 15 is 0 Å². The molecule has 0 N–H and O–H groups in total. The van der Waals surface area contributed by atoms with Gasteiger partial charge >= 0.3 is 0 Å². The Bertz CT molecular complexity index is 956. The lowest BCUT2D eigenvalue weighted by Gasteiger charge is -2.36. The van der Waals surface area contributed by atoms with Crippen molar-refractivity contribution in [3.63, 3.8) is 0 Å². The van der Waals surface area contributed by atoms with Gasteiger partial charge in [0.1, 0.15) is 35.1 Å². The van der Waals surface area contributed by atoms with E-state index < -0.39 is 13.9 Å². The van der Waals surface area contributed by atoms with Gasteiger partial charge in [-0.3, -0.25) is 0 Å². The molecule has 1 aliphatic heterocycles. The van der Waals surface area contributed by atoms with E-state index in [1.54, 1.807) is 21.2 Å². The van der Waals surface area contributed by atoms with Crippen LogP contribution in [0.25, 0.3) is 0 Å². The van der Waals surface area contributed by atoms with E-state index in [1.807, 2.05) is 0 Å². The van der Waals surface area contributed by atoms with Gasteiger partial charge in [-0.1, -0.05) is 72.8 Å². The fourth-order valence-corrected chi connectivity index (χ4v) is 33.3. The number of hydrogen-bond donors (Lipinski definition) is 0. The third-order valence-electron chi connectivity index (χ3n) is 6.94. The van der Waals surface area contributed by atoms with Crippen molar-refractivity contribution in [2.45, 2.75) is 12.8 Å². The molecule has 1 heterocycles. The first-order valence-corrected chi connectivity index (χ1v) is 18.7. The average molecular weight is 472 g/mol. The predicted molar refractivity (Wildman–Crippen MR) is 150 cm³/mol. The summed E-state index contributed by atoms with van der Waals surface area (Å²) < 4.78 is 0. The van der Waals surface area contributed by atoms with E-state index in [4.69, 9.17) is 0 Å². The van der Waals surface area contributed by atoms with Crippen LogP contribution in [-0.2, 0) is 0 Å². The van der Waals surface area contributed by atoms with Crippen LogP contribution < -0.4 is 21.2 Å². The molecule has 1 fully saturated rings. The summed E-state index contributed by atoms with van der Waals surface area (Å²) in [6.07, 6.45) is 5.33. The fraction of sp³-hybridized carbons (Fsp3) is 0.172. The quantitative estimate of drug-likeness (QED) is 0.279. The second-order valence-electron chi connectivity index (χ2n) is 8.52. The van der Waals surface area contributed by atoms with Crippen molar-refractivity contribution in [3.05, 3.63) is 121 Å². The molecule has 4 aromatic rings. The van der Waals surface area contributed by atoms with Crippen LogP contribution in [0.1, 0.15) is 12.8 Å². The van der Waals surface area contributed by atoms with Crippen LogP contribution >= 0.6 is 21.2 Å². The van der Waals surface area contributed by atoms with Crippen LogP contribution in [0, 0.1) is 0 Å². The topological polar surface area (TPSA) is 0 Å². The normalized spacial score (nSPS) is 18.0. The lowest BCUT2D eigenvalue weighted by molar-refractivity contribution is 0.902. The summed E-state index contributed by atoms with van der Waals surface area (Å²) in [7, 11) is -0.297. The number of benzene rings is 4. The Morgan fingerprint density at radius 1 is 0.438 bits per heavy atom. The SMILES string of the molecule is CP1[P+](c2ccccc2)(c2ccccc2)CCCC[P+]1(c1ccccc1)c1ccccc1. The van der Waals surface area contributed by atoms with Gasteiger partial charge in [-0.25, -0.2) is 0 Å². The molecule has 0 saturated carbocycles. The van der Waals surface area contributed by atoms with Crippen molar-refractivity contribution in [3.8, 4) is 0 Å². The number of hydrogen-bond acceptors (Lipinski definition) is 0. The van der Waals surface area contributed by atoms with Crippen LogP contribution in [0.2, 0.25) is 0 Å². The molecule has 1 aliphatic rings. The van der Waals surface area contributed by atoms with Crippen molar-refractivity contribution >= 4 is 42.4 Å². The summed E-state index contributed by atoms with van der Waals surface area (Å²) in [6.45, 7) is -0.453. The Balaban J connectivity index is 1.83. The molecule has 32 heavy (non-hydrogen) atoms. The largest absolute Gasteiger partial charge is 0.226 e. The third-order valence-corrected chi connectivity index (χ3v) is 30.8. The van der Waals surface area contributed by atoms with Crippen molar-refractivity contribution < 1.29 is 0 Å². The van der Waals surface area contributed by atoms with E-state index in [9.17, 15) is 0 Å². The molecule has 0 spiro atoms. The second kappa shape index (κ2) is 9.57. The molecule has 0 radical (unpaired) electrons. The van der Waals surface area contributed by atoms with E-state index in [2.05, 4.69) is 128 Å². The van der Waals surface area contributed by atoms with Crippen LogP contribution in [0.5, 0.6) is 0 Å². The number of rotatable bonds is 4. The summed E-state index contributed by atoms with van der Waals surface area (Å²) in [5, 5.41) is 6.44. The van der Waals surface area contributed by atoms with Crippen molar-refractivity contribution in [2.24, 2.45) is 0 Å². The first-order chi connectivity index (χ1) is 15.8. The van der Waals surface area contributed by atoms with Crippen LogP contribution in [0.4, 0.5) is 0 Å². The standard InChI is InChI=1S/C29H31P3/c1-30-31(26-16-6-2-7-17-26,27-18-8-3-9-19-27)24-14-15-25-32(30,28-20-10-4-11-21-28)29-22-12-5-13-23-29/h2-13,16-23H,14-15,24-25H2,1H3/q+2. The van der Waals surface area contributed by atoms with Gasteiger partial charge in [-0.15, -0.1) is 0 Å². The Morgan fingerprint density at radius 3 is 0.938 bits per heavy atom. The zero-order valence-corrected chi connectivity index (χ0v) is 21.4. The maximum Gasteiger partial charge on any atom is 0.226 e. The smallest absolute Gasteiger partial charge is 0.0620 e. The lowest BCUT2D eigenvalue weighted by Crippen LogP contribution is -2.28. The molecule has 0 aromatic heterocycles. The molecule has 0 unspecified atom stereocenters. The van der Waals surface area contributed by atoms with Crippen LogP contribution in [-0.4, -0.2) is 19.0 Å². The van der Waals surface area contributed by atoms with Crippen LogP contribution in [0.3, 0.4) is 0 Å². The fourth-order valence-electron chi connectivity index (χ4n) is 5.41. The van der Waals surface area contributed by atoms with Gasteiger partial charge in [0.15, 0.2) is 0 Å². The summed E-state index contributed by atoms with van der Waals surface area (Å²) >= 11 is 0. The molecule has 4 aromatic carbocycles. The van der Waals surface area contributed by atoms with Gasteiger partial charge in [0, 0.05) is 6.66 Å². The summed E-state index contributed by atoms with van der Waals surface area (Å²) in [5.74, 6) is 0. The second-order valence-corrected chi connectivity index (χ2v) is 24.2. The maximum atomic E-state index is 2.68. The molecular formula is C29H31P3+2. The van der Waals surface area contributed by atoms with Crippen molar-refractivity contribution in [1.82, 2.24) is 0 Å². The van der Waals surface area contributed by atoms with E-state index in [0.717, 1.165) is 0 Å². The molecular weight excluding hydrogens is 441 g/mol. The zero-order valence-electron chi connectivity index (χ0n) is 18.7. The summed E-state index contributed by atoms with van der Waals surface area (Å²) in [4.78, 5) is 0. The molecule has 0 atom stereocenters. The monoisotopic (exact) mass is 472 g/mol. The molecule has 5 rings (SSSR count). The molecule has 0 nitrogen and oxygen atoms in total. The van der Waals surface area contributed by atoms with Gasteiger partial charge in [0.2, 0.25) is 7.30 Å². The first-order valence-electron chi connectivity index (χ1n) is 11.5. The highest BCUT2D eigenvalue weighted by Crippen LogP contribution is 3.01. The maximum absolute atomic E-state index is 2.68. The van der Waals surface area contributed by atoms with Crippen molar-refractivity contribution in [2.75, 3.05) is 19.0 Å². The van der Waals surface area contributed by atoms with E-state index in [-0.39, 0.29) is 7.30 Å². The highest BCUT2D eigenvalue weighted by Gasteiger charge is 2.66. The lowest BCUT2D eigenvalue weighted by atomic mass is 10.4. The molecule has 0 amide bonds. The first kappa shape index (κ1) is 22.0. The Kier molecular flexibility index (Phi) is 6.58. The van der Waals surface area contributed by atoms with Gasteiger partial charge < -0.3 is 0 Å². The van der Waals surface area contributed by atoms with Crippen LogP contribution in [0.15, 0.2) is 121 Å². The molecule has 160 valence electrons. The predicted octanol–water partition coefficient (Wildman–Crippen LogP) is 7.06. The van der Waals surface area contributed by atoms with E-state index in [1.165, 1.54) is 25.2 Å².